The molecule has 0 aromatic heterocycles. The van der Waals surface area contributed by atoms with Gasteiger partial charge >= 0.3 is 0 Å². The Morgan fingerprint density at radius 3 is 2.70 bits per heavy atom. The molecule has 0 saturated heterocycles. The van der Waals surface area contributed by atoms with Gasteiger partial charge in [0.2, 0.25) is 5.91 Å². The topological polar surface area (TPSA) is 29.1 Å². The van der Waals surface area contributed by atoms with E-state index < -0.39 is 43.8 Å². The molecule has 1 saturated carbocycles. The molecule has 1 N–H and O–H groups in total. The number of carbonyl (C=O) groups excluding carboxylic acids is 1. The van der Waals surface area contributed by atoms with Crippen LogP contribution in [0, 0.1) is 0 Å². The van der Waals surface area contributed by atoms with Gasteiger partial charge < -0.3 is 5.32 Å². The molecule has 58 valence electrons. The van der Waals surface area contributed by atoms with Crippen molar-refractivity contribution in [3.8, 4) is 0 Å². The van der Waals surface area contributed by atoms with E-state index in [1.807, 2.05) is 0 Å². The lowest BCUT2D eigenvalue weighted by atomic mass is 9.95. The van der Waals surface area contributed by atoms with Crippen molar-refractivity contribution < 1.29 is 19.9 Å². The predicted octanol–water partition coefficient (Wildman–Crippen LogP) is 1.46. The van der Waals surface area contributed by atoms with Crippen LogP contribution in [0.2, 0.25) is 0 Å². The van der Waals surface area contributed by atoms with Gasteiger partial charge in [-0.25, -0.2) is 0 Å². The van der Waals surface area contributed by atoms with Crippen LogP contribution >= 0.6 is 0 Å². The minimum absolute atomic E-state index is 0.844. The summed E-state index contributed by atoms with van der Waals surface area (Å²) in [4.78, 5) is 11.2. The lowest BCUT2D eigenvalue weighted by molar-refractivity contribution is -0.119. The normalized spacial score (nSPS) is 65.1. The Kier molecular flexibility index (Phi) is 0.582. The molecule has 0 atom stereocenters. The summed E-state index contributed by atoms with van der Waals surface area (Å²) in [6.07, 6.45) is -17.8. The van der Waals surface area contributed by atoms with Crippen molar-refractivity contribution in [2.75, 3.05) is 0 Å². The van der Waals surface area contributed by atoms with Crippen molar-refractivity contribution in [2.45, 2.75) is 44.8 Å². The third-order valence-electron chi connectivity index (χ3n) is 0.801. The van der Waals surface area contributed by atoms with E-state index in [-0.39, 0.29) is 0 Å². The van der Waals surface area contributed by atoms with Crippen LogP contribution in [0.15, 0.2) is 0 Å². The molecular weight excluding hydrogens is 126 g/mol. The van der Waals surface area contributed by atoms with Crippen LogP contribution in [-0.2, 0) is 4.79 Å². The molecule has 1 fully saturated rings. The van der Waals surface area contributed by atoms with Crippen LogP contribution in [0.5, 0.6) is 0 Å². The largest absolute Gasteiger partial charge is 0.354 e. The highest BCUT2D eigenvalue weighted by molar-refractivity contribution is 5.73. The number of hydrogen-bond donors (Lipinski definition) is 1. The summed E-state index contributed by atoms with van der Waals surface area (Å²) < 4.78 is 84.2. The van der Waals surface area contributed by atoms with Crippen molar-refractivity contribution in [2.24, 2.45) is 0 Å². The van der Waals surface area contributed by atoms with Gasteiger partial charge in [0.05, 0.1) is 1.37 Å². The van der Waals surface area contributed by atoms with Gasteiger partial charge in [0.25, 0.3) is 0 Å². The zero-order valence-corrected chi connectivity index (χ0v) is 5.41. The van der Waals surface area contributed by atoms with Crippen LogP contribution in [0.25, 0.3) is 0 Å². The van der Waals surface area contributed by atoms with E-state index in [4.69, 9.17) is 15.1 Å². The Balaban J connectivity index is 3.78. The van der Waals surface area contributed by atoms with Gasteiger partial charge in [0, 0.05) is 26.6 Å². The summed E-state index contributed by atoms with van der Waals surface area (Å²) >= 11 is 0. The fourth-order valence-corrected chi connectivity index (χ4v) is 0.489. The maximum atomic E-state index is 11.2. The predicted molar refractivity (Wildman–Crippen MR) is 40.7 cm³/mol. The van der Waals surface area contributed by atoms with Crippen LogP contribution < -0.4 is 5.32 Å². The molecule has 0 aromatic rings. The van der Waals surface area contributed by atoms with Gasteiger partial charge in [-0.1, -0.05) is 19.1 Å². The molecule has 1 amide bonds. The molecule has 0 aromatic carbocycles. The molecule has 0 heterocycles. The summed E-state index contributed by atoms with van der Waals surface area (Å²) in [5, 5.41) is 1.62. The van der Waals surface area contributed by atoms with Gasteiger partial charge in [-0.3, -0.25) is 4.79 Å². The van der Waals surface area contributed by atoms with E-state index in [0.29, 0.717) is 0 Å². The first kappa shape index (κ1) is 1.62. The Hall–Kier alpha value is -0.530. The quantitative estimate of drug-likeness (QED) is 0.605. The number of amides is 1. The molecular formula is C8H15NO. The molecule has 0 unspecified atom stereocenters. The monoisotopic (exact) mass is 152 g/mol. The summed E-state index contributed by atoms with van der Waals surface area (Å²) in [5.74, 6) is -1.06. The van der Waals surface area contributed by atoms with E-state index in [2.05, 4.69) is 0 Å². The smallest absolute Gasteiger partial charge is 0.217 e. The minimum atomic E-state index is -3.57. The summed E-state index contributed by atoms with van der Waals surface area (Å²) in [6, 6.07) is -3.36. The molecule has 1 aliphatic carbocycles. The lowest BCUT2D eigenvalue weighted by Crippen LogP contribution is -2.34. The van der Waals surface area contributed by atoms with E-state index in [1.54, 1.807) is 5.32 Å². The van der Waals surface area contributed by atoms with Crippen molar-refractivity contribution in [1.29, 1.82) is 0 Å². The first-order chi connectivity index (χ1) is 8.92. The molecule has 10 heavy (non-hydrogen) atoms. The second-order valence-corrected chi connectivity index (χ2v) is 1.68. The molecule has 2 nitrogen and oxygen atoms in total. The van der Waals surface area contributed by atoms with Crippen LogP contribution in [-0.4, -0.2) is 11.9 Å². The zero-order chi connectivity index (χ0) is 17.3. The molecule has 0 aliphatic heterocycles. The Morgan fingerprint density at radius 2 is 2.20 bits per heavy atom. The number of carbonyl (C=O) groups is 1. The van der Waals surface area contributed by atoms with E-state index in [1.165, 1.54) is 0 Å². The van der Waals surface area contributed by atoms with E-state index >= 15 is 0 Å². The number of hydrogen-bond acceptors (Lipinski definition) is 1. The fourth-order valence-electron chi connectivity index (χ4n) is 0.489. The Labute approximate surface area is 77.5 Å². The van der Waals surface area contributed by atoms with E-state index in [9.17, 15) is 4.79 Å². The number of rotatable bonds is 1. The van der Waals surface area contributed by atoms with Gasteiger partial charge in [0.15, 0.2) is 0 Å². The van der Waals surface area contributed by atoms with Crippen molar-refractivity contribution in [3.05, 3.63) is 0 Å². The van der Waals surface area contributed by atoms with Crippen LogP contribution in [0.4, 0.5) is 0 Å². The van der Waals surface area contributed by atoms with Crippen LogP contribution in [0.3, 0.4) is 0 Å². The third kappa shape index (κ3) is 2.38. The fraction of sp³-hybridized carbons (Fsp3) is 0.875. The minimum Gasteiger partial charge on any atom is -0.354 e. The maximum Gasteiger partial charge on any atom is 0.217 e. The highest BCUT2D eigenvalue weighted by Crippen LogP contribution is 2.16. The van der Waals surface area contributed by atoms with Crippen molar-refractivity contribution >= 4 is 5.91 Å². The van der Waals surface area contributed by atoms with Gasteiger partial charge in [-0.15, -0.1) is 0 Å². The molecule has 1 aliphatic rings. The standard InChI is InChI=1S/C8H15NO/c1-7(10)9-8-5-3-2-4-6-8/h8H,2-6H2,1H3,(H,9,10)/i2D2,3D2,4D2,5D2,6D2,8D. The third-order valence-corrected chi connectivity index (χ3v) is 0.801. The average Bonchev–Trinajstić information content (AvgIpc) is 2.25. The molecule has 1 rings (SSSR count). The average molecular weight is 152 g/mol. The number of nitrogens with one attached hydrogen (secondary N) is 1. The molecule has 2 heteroatoms. The first-order valence-corrected chi connectivity index (χ1v) is 2.70. The first-order valence-electron chi connectivity index (χ1n) is 8.20. The molecule has 0 spiro atoms. The summed E-state index contributed by atoms with van der Waals surface area (Å²) in [5.41, 5.74) is 0. The molecule has 0 radical (unpaired) electrons. The highest BCUT2D eigenvalue weighted by atomic mass is 16.1. The van der Waals surface area contributed by atoms with Gasteiger partial charge in [-0.2, -0.15) is 0 Å². The highest BCUT2D eigenvalue weighted by Gasteiger charge is 2.12. The second-order valence-electron chi connectivity index (χ2n) is 1.68. The SMILES string of the molecule is [2H]C1([2H])C([2H])([2H])C([2H])([2H])C([2H])(NC(C)=O)C([2H])([2H])C1([2H])[2H]. The second kappa shape index (κ2) is 3.59. The van der Waals surface area contributed by atoms with E-state index in [0.717, 1.165) is 6.92 Å². The molecule has 0 bridgehead atoms. The van der Waals surface area contributed by atoms with Crippen molar-refractivity contribution in [3.63, 3.8) is 0 Å². The maximum absolute atomic E-state index is 11.2. The summed E-state index contributed by atoms with van der Waals surface area (Å²) in [7, 11) is 0. The van der Waals surface area contributed by atoms with Gasteiger partial charge in [0.1, 0.15) is 0 Å². The Bertz CT molecular complexity index is 441. The van der Waals surface area contributed by atoms with Gasteiger partial charge in [-0.05, 0) is 12.7 Å². The van der Waals surface area contributed by atoms with Crippen molar-refractivity contribution in [1.82, 2.24) is 5.32 Å². The lowest BCUT2D eigenvalue weighted by Gasteiger charge is -2.21. The summed E-state index contributed by atoms with van der Waals surface area (Å²) in [6.45, 7) is 0.844. The Morgan fingerprint density at radius 1 is 1.60 bits per heavy atom. The zero-order valence-electron chi connectivity index (χ0n) is 16.4. The van der Waals surface area contributed by atoms with Crippen LogP contribution in [0.1, 0.15) is 53.9 Å².